The Morgan fingerprint density at radius 3 is 2.54 bits per heavy atom. The number of hydrogen-bond donors (Lipinski definition) is 1. The number of nitriles is 1. The first-order chi connectivity index (χ1) is 11.7. The number of ether oxygens (including phenoxy) is 1. The highest BCUT2D eigenvalue weighted by Gasteiger charge is 2.17. The first-order valence-corrected chi connectivity index (χ1v) is 7.73. The molecule has 24 heavy (non-hydrogen) atoms. The number of carbonyl (C=O) groups excluding carboxylic acids is 1. The van der Waals surface area contributed by atoms with Crippen molar-refractivity contribution in [1.29, 1.82) is 5.26 Å². The lowest BCUT2D eigenvalue weighted by molar-refractivity contribution is -0.121. The topological polar surface area (TPSA) is 65.4 Å². The number of hydrogen-bond acceptors (Lipinski definition) is 4. The summed E-state index contributed by atoms with van der Waals surface area (Å²) in [6.07, 6.45) is 0.304. The van der Waals surface area contributed by atoms with Crippen LogP contribution < -0.4 is 15.0 Å². The molecular formula is C19H21N3O2. The number of nitrogens with zero attached hydrogens (tertiary/aromatic N) is 2. The number of amides is 1. The standard InChI is InChI=1S/C19H21N3O2/c1-22(15-8-4-3-5-9-15)13-12-19(23)21-17(14-20)16-10-6-7-11-18(16)24-2/h3-11,17H,12-13H2,1-2H3,(H,21,23)/t17-/m0/s1. The second kappa shape index (κ2) is 8.59. The van der Waals surface area contributed by atoms with E-state index in [1.807, 2.05) is 54.4 Å². The van der Waals surface area contributed by atoms with Crippen LogP contribution in [-0.2, 0) is 4.79 Å². The van der Waals surface area contributed by atoms with Gasteiger partial charge < -0.3 is 15.0 Å². The number of methoxy groups -OCH3 is 1. The molecule has 0 aromatic heterocycles. The van der Waals surface area contributed by atoms with Crippen molar-refractivity contribution < 1.29 is 9.53 Å². The fourth-order valence-electron chi connectivity index (χ4n) is 2.40. The molecule has 0 radical (unpaired) electrons. The number of nitrogens with one attached hydrogen (secondary N) is 1. The number of anilines is 1. The predicted octanol–water partition coefficient (Wildman–Crippen LogP) is 2.90. The molecule has 1 amide bonds. The first-order valence-electron chi connectivity index (χ1n) is 7.73. The minimum atomic E-state index is -0.726. The normalized spacial score (nSPS) is 11.2. The average molecular weight is 323 g/mol. The van der Waals surface area contributed by atoms with Crippen molar-refractivity contribution in [3.8, 4) is 11.8 Å². The Labute approximate surface area is 142 Å². The Morgan fingerprint density at radius 2 is 1.88 bits per heavy atom. The molecule has 0 fully saturated rings. The molecule has 5 heteroatoms. The van der Waals surface area contributed by atoms with Gasteiger partial charge in [0, 0.05) is 31.3 Å². The summed E-state index contributed by atoms with van der Waals surface area (Å²) in [6.45, 7) is 0.569. The molecule has 0 aliphatic heterocycles. The van der Waals surface area contributed by atoms with E-state index in [1.54, 1.807) is 19.2 Å². The predicted molar refractivity (Wildman–Crippen MR) is 93.8 cm³/mol. The minimum absolute atomic E-state index is 0.171. The van der Waals surface area contributed by atoms with Crippen molar-refractivity contribution in [3.63, 3.8) is 0 Å². The second-order valence-corrected chi connectivity index (χ2v) is 5.38. The van der Waals surface area contributed by atoms with Crippen molar-refractivity contribution in [1.82, 2.24) is 5.32 Å². The van der Waals surface area contributed by atoms with Crippen molar-refractivity contribution >= 4 is 11.6 Å². The molecule has 0 aliphatic rings. The Balaban J connectivity index is 1.94. The lowest BCUT2D eigenvalue weighted by Crippen LogP contribution is -2.31. The van der Waals surface area contributed by atoms with E-state index in [-0.39, 0.29) is 5.91 Å². The molecule has 0 heterocycles. The molecule has 0 bridgehead atoms. The molecule has 2 aromatic rings. The summed E-state index contributed by atoms with van der Waals surface area (Å²) >= 11 is 0. The van der Waals surface area contributed by atoms with Gasteiger partial charge in [0.25, 0.3) is 0 Å². The van der Waals surface area contributed by atoms with Gasteiger partial charge in [-0.15, -0.1) is 0 Å². The van der Waals surface area contributed by atoms with E-state index in [4.69, 9.17) is 4.74 Å². The lowest BCUT2D eigenvalue weighted by Gasteiger charge is -2.20. The monoisotopic (exact) mass is 323 g/mol. The summed E-state index contributed by atoms with van der Waals surface area (Å²) in [5.74, 6) is 0.418. The van der Waals surface area contributed by atoms with Crippen molar-refractivity contribution in [2.75, 3.05) is 25.6 Å². The van der Waals surface area contributed by atoms with Gasteiger partial charge in [0.15, 0.2) is 0 Å². The first kappa shape index (κ1) is 17.4. The largest absolute Gasteiger partial charge is 0.496 e. The van der Waals surface area contributed by atoms with E-state index in [2.05, 4.69) is 11.4 Å². The molecule has 0 spiro atoms. The maximum absolute atomic E-state index is 12.2. The van der Waals surface area contributed by atoms with Gasteiger partial charge in [0.05, 0.1) is 13.2 Å². The molecule has 0 saturated heterocycles. The molecule has 2 aromatic carbocycles. The van der Waals surface area contributed by atoms with Crippen LogP contribution in [-0.4, -0.2) is 26.6 Å². The third kappa shape index (κ3) is 4.50. The molecule has 0 unspecified atom stereocenters. The highest BCUT2D eigenvalue weighted by atomic mass is 16.5. The van der Waals surface area contributed by atoms with Crippen LogP contribution in [0.1, 0.15) is 18.0 Å². The maximum Gasteiger partial charge on any atom is 0.223 e. The van der Waals surface area contributed by atoms with Crippen LogP contribution in [0.2, 0.25) is 0 Å². The van der Waals surface area contributed by atoms with E-state index in [0.29, 0.717) is 24.3 Å². The van der Waals surface area contributed by atoms with E-state index in [0.717, 1.165) is 5.69 Å². The molecule has 0 saturated carbocycles. The summed E-state index contributed by atoms with van der Waals surface area (Å²) < 4.78 is 5.26. The van der Waals surface area contributed by atoms with Gasteiger partial charge in [-0.25, -0.2) is 0 Å². The van der Waals surface area contributed by atoms with Crippen LogP contribution in [0, 0.1) is 11.3 Å². The van der Waals surface area contributed by atoms with Crippen molar-refractivity contribution in [2.24, 2.45) is 0 Å². The molecule has 1 N–H and O–H groups in total. The van der Waals surface area contributed by atoms with Crippen LogP contribution >= 0.6 is 0 Å². The molecule has 2 rings (SSSR count). The molecule has 124 valence electrons. The zero-order chi connectivity index (χ0) is 17.4. The average Bonchev–Trinajstić information content (AvgIpc) is 2.64. The summed E-state index contributed by atoms with van der Waals surface area (Å²) in [4.78, 5) is 14.2. The second-order valence-electron chi connectivity index (χ2n) is 5.38. The minimum Gasteiger partial charge on any atom is -0.496 e. The smallest absolute Gasteiger partial charge is 0.223 e. The molecular weight excluding hydrogens is 302 g/mol. The molecule has 0 aliphatic carbocycles. The lowest BCUT2D eigenvalue weighted by atomic mass is 10.1. The highest BCUT2D eigenvalue weighted by Crippen LogP contribution is 2.24. The number of benzene rings is 2. The summed E-state index contributed by atoms with van der Waals surface area (Å²) in [5.41, 5.74) is 1.71. The van der Waals surface area contributed by atoms with Gasteiger partial charge in [0.2, 0.25) is 5.91 Å². The Kier molecular flexibility index (Phi) is 6.21. The molecule has 5 nitrogen and oxygen atoms in total. The van der Waals surface area contributed by atoms with Crippen LogP contribution in [0.3, 0.4) is 0 Å². The zero-order valence-corrected chi connectivity index (χ0v) is 13.9. The third-order valence-electron chi connectivity index (χ3n) is 3.76. The summed E-state index contributed by atoms with van der Waals surface area (Å²) in [5, 5.41) is 12.1. The third-order valence-corrected chi connectivity index (χ3v) is 3.76. The summed E-state index contributed by atoms with van der Waals surface area (Å²) in [7, 11) is 3.48. The summed E-state index contributed by atoms with van der Waals surface area (Å²) in [6, 6.07) is 18.4. The SMILES string of the molecule is COc1ccccc1[C@H](C#N)NC(=O)CCN(C)c1ccccc1. The quantitative estimate of drug-likeness (QED) is 0.851. The fourth-order valence-corrected chi connectivity index (χ4v) is 2.40. The number of rotatable bonds is 7. The van der Waals surface area contributed by atoms with Crippen LogP contribution in [0.5, 0.6) is 5.75 Å². The Hall–Kier alpha value is -3.00. The van der Waals surface area contributed by atoms with Crippen LogP contribution in [0.25, 0.3) is 0 Å². The van der Waals surface area contributed by atoms with Gasteiger partial charge in [-0.05, 0) is 18.2 Å². The fraction of sp³-hybridized carbons (Fsp3) is 0.263. The van der Waals surface area contributed by atoms with E-state index >= 15 is 0 Å². The van der Waals surface area contributed by atoms with Gasteiger partial charge >= 0.3 is 0 Å². The van der Waals surface area contributed by atoms with Crippen molar-refractivity contribution in [3.05, 3.63) is 60.2 Å². The number of carbonyl (C=O) groups is 1. The van der Waals surface area contributed by atoms with E-state index < -0.39 is 6.04 Å². The maximum atomic E-state index is 12.2. The van der Waals surface area contributed by atoms with Gasteiger partial charge in [-0.1, -0.05) is 36.4 Å². The van der Waals surface area contributed by atoms with E-state index in [1.165, 1.54) is 0 Å². The highest BCUT2D eigenvalue weighted by molar-refractivity contribution is 5.77. The van der Waals surface area contributed by atoms with Gasteiger partial charge in [-0.3, -0.25) is 4.79 Å². The zero-order valence-electron chi connectivity index (χ0n) is 13.9. The molecule has 1 atom stereocenters. The van der Waals surface area contributed by atoms with Crippen LogP contribution in [0.4, 0.5) is 5.69 Å². The number of para-hydroxylation sites is 2. The van der Waals surface area contributed by atoms with Crippen LogP contribution in [0.15, 0.2) is 54.6 Å². The van der Waals surface area contributed by atoms with E-state index in [9.17, 15) is 10.1 Å². The van der Waals surface area contributed by atoms with Crippen molar-refractivity contribution in [2.45, 2.75) is 12.5 Å². The Bertz CT molecular complexity index is 710. The van der Waals surface area contributed by atoms with Gasteiger partial charge in [-0.2, -0.15) is 5.26 Å². The Morgan fingerprint density at radius 1 is 1.21 bits per heavy atom. The van der Waals surface area contributed by atoms with Gasteiger partial charge in [0.1, 0.15) is 11.8 Å².